The Labute approximate surface area is 243 Å². The number of hydrogen-bond donors (Lipinski definition) is 2. The Balaban J connectivity index is 1.56. The molecule has 1 amide bonds. The number of nitrogens with one attached hydrogen (secondary N) is 1. The van der Waals surface area contributed by atoms with Gasteiger partial charge in [-0.15, -0.1) is 11.3 Å². The average Bonchev–Trinajstić information content (AvgIpc) is 3.63. The Morgan fingerprint density at radius 3 is 2.76 bits per heavy atom. The Morgan fingerprint density at radius 1 is 1.33 bits per heavy atom. The number of carboxylic acids is 1. The molecule has 1 aromatic carbocycles. The molecular weight excluding hydrogens is 575 g/mol. The number of esters is 1. The minimum absolute atomic E-state index is 0.0330. The lowest BCUT2D eigenvalue weighted by Gasteiger charge is -2.31. The van der Waals surface area contributed by atoms with Crippen LogP contribution in [0.5, 0.6) is 0 Å². The highest BCUT2D eigenvalue weighted by Gasteiger charge is 2.62. The van der Waals surface area contributed by atoms with Gasteiger partial charge in [-0.05, 0) is 31.0 Å². The van der Waals surface area contributed by atoms with Crippen LogP contribution in [0.4, 0.5) is 13.2 Å². The largest absolute Gasteiger partial charge is 0.481 e. The summed E-state index contributed by atoms with van der Waals surface area (Å²) in [5, 5.41) is 14.6. The number of aliphatic carboxylic acids is 1. The van der Waals surface area contributed by atoms with Gasteiger partial charge in [0.15, 0.2) is 10.8 Å². The topological polar surface area (TPSA) is 124 Å². The number of nitrogens with zero attached hydrogens (tertiary/aromatic N) is 4. The molecule has 2 fully saturated rings. The van der Waals surface area contributed by atoms with E-state index in [0.29, 0.717) is 10.6 Å². The number of carbonyl (C=O) groups excluding carboxylic acids is 2. The molecular formula is C28H30F3N5O5S. The molecule has 4 heterocycles. The third-order valence-electron chi connectivity index (χ3n) is 7.85. The normalized spacial score (nSPS) is 24.3. The van der Waals surface area contributed by atoms with E-state index in [1.165, 1.54) is 40.2 Å². The van der Waals surface area contributed by atoms with Gasteiger partial charge in [0, 0.05) is 43.0 Å². The van der Waals surface area contributed by atoms with Gasteiger partial charge in [-0.2, -0.15) is 0 Å². The number of rotatable bonds is 9. The molecule has 3 aliphatic heterocycles. The van der Waals surface area contributed by atoms with Crippen LogP contribution in [0.25, 0.3) is 0 Å². The van der Waals surface area contributed by atoms with Crippen LogP contribution in [-0.4, -0.2) is 88.3 Å². The first-order valence-electron chi connectivity index (χ1n) is 13.5. The van der Waals surface area contributed by atoms with Gasteiger partial charge < -0.3 is 20.1 Å². The minimum Gasteiger partial charge on any atom is -0.481 e. The molecule has 42 heavy (non-hydrogen) atoms. The fraction of sp³-hybridized carbons (Fsp3) is 0.464. The van der Waals surface area contributed by atoms with Crippen LogP contribution in [-0.2, 0) is 19.1 Å². The molecule has 3 aliphatic rings. The molecule has 0 bridgehead atoms. The van der Waals surface area contributed by atoms with E-state index in [2.05, 4.69) is 10.3 Å². The smallest absolute Gasteiger partial charge is 0.338 e. The van der Waals surface area contributed by atoms with Crippen molar-refractivity contribution in [3.8, 4) is 0 Å². The predicted molar refractivity (Wildman–Crippen MR) is 147 cm³/mol. The number of aliphatic imine (C=N–C) groups is 1. The van der Waals surface area contributed by atoms with E-state index in [9.17, 15) is 23.9 Å². The van der Waals surface area contributed by atoms with Gasteiger partial charge in [0.2, 0.25) is 5.91 Å². The number of ether oxygens (including phenoxy) is 1. The molecule has 2 N–H and O–H groups in total. The zero-order valence-electron chi connectivity index (χ0n) is 23.1. The van der Waals surface area contributed by atoms with Crippen molar-refractivity contribution in [2.24, 2.45) is 16.8 Å². The standard InChI is InChI=1S/C28H30F3N5O5S/c1-4-41-27(40)20-18(11-36-13-28(30,31)21-19(36)12-35(25(21)37)10-14(2)26(38)39)33-23(24-32-8-9-42-24)34-22(20)16-6-5-7-17(29)15(16)3/h5-9,14,19,21-22H,4,10-13H2,1-3H3,(H,33,34)(H,38,39)/t14-,19+,21+,22+/m1/s1. The van der Waals surface area contributed by atoms with E-state index >= 15 is 8.78 Å². The van der Waals surface area contributed by atoms with E-state index in [4.69, 9.17) is 9.73 Å². The summed E-state index contributed by atoms with van der Waals surface area (Å²) in [5.41, 5.74) is 0.938. The van der Waals surface area contributed by atoms with Crippen molar-refractivity contribution in [3.05, 3.63) is 63.0 Å². The van der Waals surface area contributed by atoms with Gasteiger partial charge in [0.05, 0.1) is 24.6 Å². The predicted octanol–water partition coefficient (Wildman–Crippen LogP) is 3.00. The number of likely N-dealkylation sites (tertiary alicyclic amines) is 2. The van der Waals surface area contributed by atoms with Crippen molar-refractivity contribution in [3.63, 3.8) is 0 Å². The van der Waals surface area contributed by atoms with E-state index in [1.54, 1.807) is 31.5 Å². The van der Waals surface area contributed by atoms with Gasteiger partial charge >= 0.3 is 11.9 Å². The molecule has 5 rings (SSSR count). The average molecular weight is 606 g/mol. The quantitative estimate of drug-likeness (QED) is 0.418. The van der Waals surface area contributed by atoms with Crippen LogP contribution in [0.3, 0.4) is 0 Å². The zero-order chi connectivity index (χ0) is 30.3. The number of benzene rings is 1. The maximum atomic E-state index is 15.3. The van der Waals surface area contributed by atoms with Crippen LogP contribution in [0, 0.1) is 24.6 Å². The molecule has 2 saturated heterocycles. The number of aromatic nitrogens is 1. The van der Waals surface area contributed by atoms with Crippen molar-refractivity contribution in [2.45, 2.75) is 38.8 Å². The number of amidine groups is 1. The number of carbonyl (C=O) groups is 3. The minimum atomic E-state index is -3.38. The number of amides is 1. The maximum Gasteiger partial charge on any atom is 0.338 e. The van der Waals surface area contributed by atoms with Crippen LogP contribution in [0.2, 0.25) is 0 Å². The third-order valence-corrected chi connectivity index (χ3v) is 8.63. The molecule has 4 atom stereocenters. The molecule has 0 unspecified atom stereocenters. The zero-order valence-corrected chi connectivity index (χ0v) is 24.0. The van der Waals surface area contributed by atoms with E-state index < -0.39 is 60.0 Å². The van der Waals surface area contributed by atoms with E-state index in [1.807, 2.05) is 0 Å². The summed E-state index contributed by atoms with van der Waals surface area (Å²) in [6.07, 6.45) is 1.57. The molecule has 0 radical (unpaired) electrons. The summed E-state index contributed by atoms with van der Waals surface area (Å²) in [5.74, 6) is -8.85. The molecule has 10 nitrogen and oxygen atoms in total. The molecule has 1 aromatic heterocycles. The number of carboxylic acid groups (broad SMARTS) is 1. The molecule has 224 valence electrons. The van der Waals surface area contributed by atoms with E-state index in [-0.39, 0.29) is 48.9 Å². The Morgan fingerprint density at radius 2 is 2.10 bits per heavy atom. The van der Waals surface area contributed by atoms with Gasteiger partial charge in [0.25, 0.3) is 5.92 Å². The monoisotopic (exact) mass is 605 g/mol. The van der Waals surface area contributed by atoms with Crippen molar-refractivity contribution >= 4 is 35.0 Å². The van der Waals surface area contributed by atoms with E-state index in [0.717, 1.165) is 0 Å². The summed E-state index contributed by atoms with van der Waals surface area (Å²) in [7, 11) is 0. The Bertz CT molecular complexity index is 1460. The van der Waals surface area contributed by atoms with Crippen LogP contribution in [0.1, 0.15) is 36.0 Å². The Kier molecular flexibility index (Phi) is 8.12. The highest BCUT2D eigenvalue weighted by molar-refractivity contribution is 7.11. The second kappa shape index (κ2) is 11.5. The highest BCUT2D eigenvalue weighted by Crippen LogP contribution is 2.44. The van der Waals surface area contributed by atoms with Crippen molar-refractivity contribution < 1.29 is 37.4 Å². The van der Waals surface area contributed by atoms with Crippen LogP contribution in [0.15, 0.2) is 46.0 Å². The first-order valence-corrected chi connectivity index (χ1v) is 14.3. The van der Waals surface area contributed by atoms with Crippen molar-refractivity contribution in [1.29, 1.82) is 0 Å². The van der Waals surface area contributed by atoms with Crippen LogP contribution >= 0.6 is 11.3 Å². The number of alkyl halides is 2. The van der Waals surface area contributed by atoms with Crippen molar-refractivity contribution in [1.82, 2.24) is 20.1 Å². The number of fused-ring (bicyclic) bond motifs is 1. The summed E-state index contributed by atoms with van der Waals surface area (Å²) < 4.78 is 50.7. The number of thiazole rings is 1. The van der Waals surface area contributed by atoms with Gasteiger partial charge in [-0.3, -0.25) is 19.5 Å². The number of hydrogen-bond acceptors (Lipinski definition) is 9. The lowest BCUT2D eigenvalue weighted by atomic mass is 9.92. The first kappa shape index (κ1) is 29.7. The number of halogens is 3. The molecule has 0 aliphatic carbocycles. The maximum absolute atomic E-state index is 15.3. The summed E-state index contributed by atoms with van der Waals surface area (Å²) in [6.45, 7) is 3.42. The highest BCUT2D eigenvalue weighted by atomic mass is 32.1. The second-order valence-corrected chi connectivity index (χ2v) is 11.5. The fourth-order valence-corrected chi connectivity index (χ4v) is 6.36. The molecule has 0 saturated carbocycles. The van der Waals surface area contributed by atoms with Gasteiger partial charge in [-0.25, -0.2) is 22.9 Å². The summed E-state index contributed by atoms with van der Waals surface area (Å²) in [4.78, 5) is 49.4. The third kappa shape index (κ3) is 5.40. The lowest BCUT2D eigenvalue weighted by Crippen LogP contribution is -2.44. The first-order chi connectivity index (χ1) is 19.9. The van der Waals surface area contributed by atoms with Crippen LogP contribution < -0.4 is 5.32 Å². The van der Waals surface area contributed by atoms with Gasteiger partial charge in [0.1, 0.15) is 17.8 Å². The SMILES string of the molecule is CCOC(=O)C1=C(CN2CC(F)(F)[C@@H]3C(=O)N(C[C@@H](C)C(=O)O)C[C@@H]32)NC(c2nccs2)=N[C@H]1c1cccc(F)c1C. The second-order valence-electron chi connectivity index (χ2n) is 10.6. The lowest BCUT2D eigenvalue weighted by molar-refractivity contribution is -0.145. The molecule has 0 spiro atoms. The Hall–Kier alpha value is -3.78. The summed E-state index contributed by atoms with van der Waals surface area (Å²) >= 11 is 1.27. The summed E-state index contributed by atoms with van der Waals surface area (Å²) in [6, 6.07) is 2.49. The van der Waals surface area contributed by atoms with Crippen molar-refractivity contribution in [2.75, 3.05) is 32.8 Å². The fourth-order valence-electron chi connectivity index (χ4n) is 5.77. The molecule has 2 aromatic rings. The molecule has 14 heteroatoms. The van der Waals surface area contributed by atoms with Gasteiger partial charge in [-0.1, -0.05) is 19.1 Å².